The number of anilines is 1. The van der Waals surface area contributed by atoms with Crippen molar-refractivity contribution in [3.63, 3.8) is 0 Å². The summed E-state index contributed by atoms with van der Waals surface area (Å²) in [5.41, 5.74) is 3.15. The molecule has 6 nitrogen and oxygen atoms in total. The number of amides is 2. The quantitative estimate of drug-likeness (QED) is 0.907. The second-order valence-electron chi connectivity index (χ2n) is 4.91. The molecule has 1 aliphatic rings. The van der Waals surface area contributed by atoms with E-state index in [4.69, 9.17) is 0 Å². The number of rotatable bonds is 2. The van der Waals surface area contributed by atoms with Crippen LogP contribution in [0.15, 0.2) is 36.8 Å². The third-order valence-corrected chi connectivity index (χ3v) is 3.32. The Labute approximate surface area is 121 Å². The molecule has 0 aliphatic carbocycles. The van der Waals surface area contributed by atoms with Crippen LogP contribution < -0.4 is 5.32 Å². The van der Waals surface area contributed by atoms with E-state index in [1.807, 2.05) is 0 Å². The normalized spacial score (nSPS) is 12.9. The van der Waals surface area contributed by atoms with Crippen molar-refractivity contribution in [2.75, 3.05) is 5.32 Å². The summed E-state index contributed by atoms with van der Waals surface area (Å²) in [7, 11) is 0. The number of carbonyl (C=O) groups excluding carboxylic acids is 2. The number of nitrogens with one attached hydrogen (secondary N) is 1. The molecule has 1 aliphatic heterocycles. The smallest absolute Gasteiger partial charge is 0.254 e. The highest BCUT2D eigenvalue weighted by atomic mass is 16.2. The van der Waals surface area contributed by atoms with Crippen molar-refractivity contribution in [1.29, 1.82) is 0 Å². The van der Waals surface area contributed by atoms with E-state index in [0.29, 0.717) is 24.3 Å². The van der Waals surface area contributed by atoms with Gasteiger partial charge >= 0.3 is 0 Å². The van der Waals surface area contributed by atoms with Crippen molar-refractivity contribution in [1.82, 2.24) is 14.9 Å². The SMILES string of the molecule is CC(=O)Nc1ccc(C(=O)N2Cc3cncnc3C2)cc1. The Balaban J connectivity index is 1.73. The average Bonchev–Trinajstić information content (AvgIpc) is 2.90. The first-order valence-corrected chi connectivity index (χ1v) is 6.58. The zero-order valence-corrected chi connectivity index (χ0v) is 11.5. The molecule has 2 amide bonds. The van der Waals surface area contributed by atoms with E-state index >= 15 is 0 Å². The van der Waals surface area contributed by atoms with Crippen molar-refractivity contribution in [2.45, 2.75) is 20.0 Å². The minimum absolute atomic E-state index is 0.0534. The van der Waals surface area contributed by atoms with Crippen LogP contribution in [0.2, 0.25) is 0 Å². The first kappa shape index (κ1) is 13.2. The molecular formula is C15H14N4O2. The van der Waals surface area contributed by atoms with Gasteiger partial charge in [0.2, 0.25) is 5.91 Å². The molecule has 0 fully saturated rings. The number of aromatic nitrogens is 2. The maximum Gasteiger partial charge on any atom is 0.254 e. The molecule has 6 heteroatoms. The molecule has 1 aromatic heterocycles. The van der Waals surface area contributed by atoms with Crippen LogP contribution >= 0.6 is 0 Å². The van der Waals surface area contributed by atoms with E-state index in [-0.39, 0.29) is 11.8 Å². The topological polar surface area (TPSA) is 75.2 Å². The molecule has 1 N–H and O–H groups in total. The van der Waals surface area contributed by atoms with E-state index in [1.54, 1.807) is 35.4 Å². The fraction of sp³-hybridized carbons (Fsp3) is 0.200. The molecule has 0 unspecified atom stereocenters. The summed E-state index contributed by atoms with van der Waals surface area (Å²) in [4.78, 5) is 33.3. The van der Waals surface area contributed by atoms with Crippen molar-refractivity contribution in [3.8, 4) is 0 Å². The van der Waals surface area contributed by atoms with Crippen LogP contribution in [0.5, 0.6) is 0 Å². The van der Waals surface area contributed by atoms with Crippen molar-refractivity contribution in [3.05, 3.63) is 53.6 Å². The van der Waals surface area contributed by atoms with Gasteiger partial charge in [-0.05, 0) is 24.3 Å². The predicted octanol–water partition coefficient (Wildman–Crippen LogP) is 1.59. The van der Waals surface area contributed by atoms with E-state index < -0.39 is 0 Å². The molecule has 0 radical (unpaired) electrons. The second kappa shape index (κ2) is 5.32. The highest BCUT2D eigenvalue weighted by Gasteiger charge is 2.25. The van der Waals surface area contributed by atoms with Gasteiger partial charge in [-0.15, -0.1) is 0 Å². The molecular weight excluding hydrogens is 268 g/mol. The Morgan fingerprint density at radius 2 is 1.95 bits per heavy atom. The predicted molar refractivity (Wildman–Crippen MR) is 76.4 cm³/mol. The van der Waals surface area contributed by atoms with Gasteiger partial charge in [-0.25, -0.2) is 9.97 Å². The van der Waals surface area contributed by atoms with Crippen LogP contribution in [0.3, 0.4) is 0 Å². The molecule has 0 spiro atoms. The molecule has 106 valence electrons. The lowest BCUT2D eigenvalue weighted by molar-refractivity contribution is -0.114. The number of fused-ring (bicyclic) bond motifs is 1. The summed E-state index contributed by atoms with van der Waals surface area (Å²) in [5.74, 6) is -0.190. The van der Waals surface area contributed by atoms with Gasteiger partial charge in [0.1, 0.15) is 6.33 Å². The van der Waals surface area contributed by atoms with Gasteiger partial charge in [0, 0.05) is 36.5 Å². The maximum absolute atomic E-state index is 12.4. The maximum atomic E-state index is 12.4. The Hall–Kier alpha value is -2.76. The number of hydrogen-bond donors (Lipinski definition) is 1. The van der Waals surface area contributed by atoms with Crippen molar-refractivity contribution in [2.24, 2.45) is 0 Å². The summed E-state index contributed by atoms with van der Waals surface area (Å²) >= 11 is 0. The van der Waals surface area contributed by atoms with Crippen LogP contribution in [0.1, 0.15) is 28.5 Å². The largest absolute Gasteiger partial charge is 0.328 e. The highest BCUT2D eigenvalue weighted by molar-refractivity contribution is 5.95. The van der Waals surface area contributed by atoms with Crippen molar-refractivity contribution < 1.29 is 9.59 Å². The third-order valence-electron chi connectivity index (χ3n) is 3.32. The Morgan fingerprint density at radius 1 is 1.19 bits per heavy atom. The second-order valence-corrected chi connectivity index (χ2v) is 4.91. The number of carbonyl (C=O) groups is 2. The van der Waals surface area contributed by atoms with Crippen LogP contribution in [-0.4, -0.2) is 26.7 Å². The lowest BCUT2D eigenvalue weighted by atomic mass is 10.2. The molecule has 2 aromatic rings. The van der Waals surface area contributed by atoms with Crippen LogP contribution in [0, 0.1) is 0 Å². The van der Waals surface area contributed by atoms with Crippen molar-refractivity contribution >= 4 is 17.5 Å². The van der Waals surface area contributed by atoms with E-state index in [2.05, 4.69) is 15.3 Å². The standard InChI is InChI=1S/C15H14N4O2/c1-10(20)18-13-4-2-11(3-5-13)15(21)19-7-12-6-16-9-17-14(12)8-19/h2-6,9H,7-8H2,1H3,(H,18,20). The third kappa shape index (κ3) is 2.74. The van der Waals surface area contributed by atoms with Gasteiger partial charge in [0.05, 0.1) is 12.2 Å². The van der Waals surface area contributed by atoms with Gasteiger partial charge < -0.3 is 10.2 Å². The molecule has 0 atom stereocenters. The summed E-state index contributed by atoms with van der Waals surface area (Å²) in [6, 6.07) is 6.86. The molecule has 1 aromatic carbocycles. The van der Waals surface area contributed by atoms with Crippen LogP contribution in [-0.2, 0) is 17.9 Å². The Kier molecular flexibility index (Phi) is 3.35. The fourth-order valence-corrected chi connectivity index (χ4v) is 2.33. The highest BCUT2D eigenvalue weighted by Crippen LogP contribution is 2.22. The van der Waals surface area contributed by atoms with E-state index in [9.17, 15) is 9.59 Å². The first-order valence-electron chi connectivity index (χ1n) is 6.58. The summed E-state index contributed by atoms with van der Waals surface area (Å²) in [6.07, 6.45) is 3.24. The van der Waals surface area contributed by atoms with Crippen LogP contribution in [0.25, 0.3) is 0 Å². The van der Waals surface area contributed by atoms with Gasteiger partial charge in [0.15, 0.2) is 0 Å². The monoisotopic (exact) mass is 282 g/mol. The fourth-order valence-electron chi connectivity index (χ4n) is 2.33. The molecule has 0 bridgehead atoms. The zero-order valence-electron chi connectivity index (χ0n) is 11.5. The van der Waals surface area contributed by atoms with Gasteiger partial charge in [-0.1, -0.05) is 0 Å². The first-order chi connectivity index (χ1) is 10.1. The molecule has 21 heavy (non-hydrogen) atoms. The number of benzene rings is 1. The molecule has 2 heterocycles. The van der Waals surface area contributed by atoms with Gasteiger partial charge in [-0.2, -0.15) is 0 Å². The average molecular weight is 282 g/mol. The number of nitrogens with zero attached hydrogens (tertiary/aromatic N) is 3. The lowest BCUT2D eigenvalue weighted by Crippen LogP contribution is -2.25. The van der Waals surface area contributed by atoms with E-state index in [1.165, 1.54) is 13.3 Å². The van der Waals surface area contributed by atoms with Crippen LogP contribution in [0.4, 0.5) is 5.69 Å². The summed E-state index contributed by atoms with van der Waals surface area (Å²) in [5, 5.41) is 2.67. The summed E-state index contributed by atoms with van der Waals surface area (Å²) in [6.45, 7) is 2.48. The van der Waals surface area contributed by atoms with Gasteiger partial charge in [-0.3, -0.25) is 9.59 Å². The zero-order chi connectivity index (χ0) is 14.8. The minimum atomic E-state index is -0.136. The minimum Gasteiger partial charge on any atom is -0.328 e. The Bertz CT molecular complexity index is 672. The van der Waals surface area contributed by atoms with E-state index in [0.717, 1.165) is 11.3 Å². The Morgan fingerprint density at radius 3 is 2.62 bits per heavy atom. The lowest BCUT2D eigenvalue weighted by Gasteiger charge is -2.15. The summed E-state index contributed by atoms with van der Waals surface area (Å²) < 4.78 is 0. The van der Waals surface area contributed by atoms with Gasteiger partial charge in [0.25, 0.3) is 5.91 Å². The molecule has 0 saturated heterocycles. The number of hydrogen-bond acceptors (Lipinski definition) is 4. The molecule has 0 saturated carbocycles. The molecule has 3 rings (SSSR count).